The molecule has 3 rings (SSSR count). The Morgan fingerprint density at radius 3 is 2.62 bits per heavy atom. The van der Waals surface area contributed by atoms with E-state index in [9.17, 15) is 13.2 Å². The van der Waals surface area contributed by atoms with Crippen molar-refractivity contribution >= 4 is 16.5 Å². The summed E-state index contributed by atoms with van der Waals surface area (Å²) < 4.78 is 33.3. The van der Waals surface area contributed by atoms with Crippen LogP contribution in [-0.2, 0) is 19.6 Å². The molecule has 142 valence electrons. The molecule has 1 heterocycles. The van der Waals surface area contributed by atoms with Gasteiger partial charge >= 0.3 is 0 Å². The lowest BCUT2D eigenvalue weighted by molar-refractivity contribution is -0.130. The maximum Gasteiger partial charge on any atom is 0.293 e. The van der Waals surface area contributed by atoms with Crippen LogP contribution in [0.3, 0.4) is 0 Å². The summed E-state index contributed by atoms with van der Waals surface area (Å²) in [6.45, 7) is 4.78. The number of sulfonamides is 1. The van der Waals surface area contributed by atoms with Crippen LogP contribution in [-0.4, -0.2) is 37.4 Å². The highest BCUT2D eigenvalue weighted by Crippen LogP contribution is 2.50. The fourth-order valence-corrected chi connectivity index (χ4v) is 6.37. The van der Waals surface area contributed by atoms with Crippen LogP contribution in [0.25, 0.3) is 0 Å². The number of carbonyl (C=O) groups is 1. The van der Waals surface area contributed by atoms with E-state index >= 15 is 0 Å². The van der Waals surface area contributed by atoms with Crippen LogP contribution >= 0.6 is 0 Å². The van der Waals surface area contributed by atoms with E-state index in [-0.39, 0.29) is 17.6 Å². The van der Waals surface area contributed by atoms with Crippen LogP contribution in [0.5, 0.6) is 0 Å². The van der Waals surface area contributed by atoms with E-state index in [4.69, 9.17) is 4.74 Å². The van der Waals surface area contributed by atoms with Gasteiger partial charge in [-0.2, -0.15) is 4.31 Å². The Morgan fingerprint density at radius 1 is 1.23 bits per heavy atom. The lowest BCUT2D eigenvalue weighted by Gasteiger charge is -2.38. The fraction of sp³-hybridized carbons (Fsp3) is 0.550. The van der Waals surface area contributed by atoms with E-state index in [0.29, 0.717) is 17.9 Å². The Morgan fingerprint density at radius 2 is 1.92 bits per heavy atom. The monoisotopic (exact) mass is 377 g/mol. The first-order valence-corrected chi connectivity index (χ1v) is 10.7. The first-order chi connectivity index (χ1) is 12.4. The van der Waals surface area contributed by atoms with Crippen molar-refractivity contribution in [1.29, 1.82) is 0 Å². The van der Waals surface area contributed by atoms with Crippen molar-refractivity contribution in [1.82, 2.24) is 4.31 Å². The molecule has 2 fully saturated rings. The molecule has 3 atom stereocenters. The van der Waals surface area contributed by atoms with Crippen molar-refractivity contribution in [3.63, 3.8) is 0 Å². The second-order valence-corrected chi connectivity index (χ2v) is 9.28. The summed E-state index contributed by atoms with van der Waals surface area (Å²) in [4.78, 5) is 10.9. The molecule has 1 aromatic rings. The zero-order chi connectivity index (χ0) is 18.8. The number of hydrogen-bond acceptors (Lipinski definition) is 4. The normalized spacial score (nSPS) is 28.0. The van der Waals surface area contributed by atoms with Crippen molar-refractivity contribution in [2.75, 3.05) is 6.54 Å². The molecule has 1 saturated carbocycles. The van der Waals surface area contributed by atoms with Gasteiger partial charge in [-0.1, -0.05) is 30.2 Å². The molecule has 0 N–H and O–H groups in total. The second-order valence-electron chi connectivity index (χ2n) is 7.42. The molecule has 0 amide bonds. The molecular weight excluding hydrogens is 350 g/mol. The van der Waals surface area contributed by atoms with E-state index in [0.717, 1.165) is 37.7 Å². The topological polar surface area (TPSA) is 63.7 Å². The van der Waals surface area contributed by atoms with E-state index in [2.05, 4.69) is 6.08 Å². The summed E-state index contributed by atoms with van der Waals surface area (Å²) in [6.07, 6.45) is 8.27. The second kappa shape index (κ2) is 7.53. The van der Waals surface area contributed by atoms with E-state index in [1.165, 1.54) is 0 Å². The highest BCUT2D eigenvalue weighted by atomic mass is 32.2. The summed E-state index contributed by atoms with van der Waals surface area (Å²) in [7, 11) is -3.52. The first kappa shape index (κ1) is 19.1. The highest BCUT2D eigenvalue weighted by Gasteiger charge is 2.53. The molecule has 1 aliphatic heterocycles. The van der Waals surface area contributed by atoms with Crippen molar-refractivity contribution in [2.24, 2.45) is 5.92 Å². The van der Waals surface area contributed by atoms with Gasteiger partial charge in [-0.25, -0.2) is 8.42 Å². The zero-order valence-electron chi connectivity index (χ0n) is 15.4. The minimum Gasteiger partial charge on any atom is -0.461 e. The summed E-state index contributed by atoms with van der Waals surface area (Å²) >= 11 is 0. The van der Waals surface area contributed by atoms with E-state index < -0.39 is 10.0 Å². The predicted octanol–water partition coefficient (Wildman–Crippen LogP) is 3.44. The smallest absolute Gasteiger partial charge is 0.293 e. The molecule has 0 bridgehead atoms. The van der Waals surface area contributed by atoms with Gasteiger partial charge in [-0.05, 0) is 63.7 Å². The molecule has 1 aromatic carbocycles. The van der Waals surface area contributed by atoms with Crippen LogP contribution in [0.4, 0.5) is 0 Å². The van der Waals surface area contributed by atoms with Gasteiger partial charge in [0.1, 0.15) is 6.10 Å². The largest absolute Gasteiger partial charge is 0.461 e. The first-order valence-electron chi connectivity index (χ1n) is 9.27. The maximum atomic E-state index is 13.3. The number of aryl methyl sites for hydroxylation is 1. The van der Waals surface area contributed by atoms with Crippen LogP contribution in [0, 0.1) is 12.8 Å². The van der Waals surface area contributed by atoms with E-state index in [1.54, 1.807) is 16.4 Å². The molecule has 1 spiro atoms. The van der Waals surface area contributed by atoms with Crippen molar-refractivity contribution in [3.8, 4) is 0 Å². The molecule has 0 radical (unpaired) electrons. The van der Waals surface area contributed by atoms with Crippen LogP contribution in [0.2, 0.25) is 0 Å². The number of carbonyl (C=O) groups excluding carboxylic acids is 1. The number of ether oxygens (including phenoxy) is 1. The quantitative estimate of drug-likeness (QED) is 0.563. The molecule has 1 saturated heterocycles. The van der Waals surface area contributed by atoms with Crippen molar-refractivity contribution in [3.05, 3.63) is 42.0 Å². The average molecular weight is 378 g/mol. The molecule has 3 unspecified atom stereocenters. The molecule has 26 heavy (non-hydrogen) atoms. The molecule has 5 nitrogen and oxygen atoms in total. The number of rotatable bonds is 6. The Labute approximate surface area is 156 Å². The molecular formula is C20H27NO4S. The maximum absolute atomic E-state index is 13.3. The molecule has 1 aliphatic carbocycles. The number of nitrogens with zero attached hydrogens (tertiary/aromatic N) is 1. The fourth-order valence-electron chi connectivity index (χ4n) is 4.47. The standard InChI is InChI=1S/C20H27NO4S/c1-16-6-10-19(11-7-16)26(23,24)21-14-4-13-20(21)12-3-5-18(20)9-8-17(2)25-15-22/h6-11,15,17-18H,3-5,12-14H2,1-2H3/b9-8+. The van der Waals surface area contributed by atoms with Gasteiger partial charge in [0.05, 0.1) is 4.90 Å². The van der Waals surface area contributed by atoms with Gasteiger partial charge in [0.15, 0.2) is 0 Å². The highest BCUT2D eigenvalue weighted by molar-refractivity contribution is 7.89. The molecule has 2 aliphatic rings. The third-order valence-electron chi connectivity index (χ3n) is 5.78. The Hall–Kier alpha value is -1.66. The number of benzene rings is 1. The van der Waals surface area contributed by atoms with Crippen molar-refractivity contribution < 1.29 is 17.9 Å². The van der Waals surface area contributed by atoms with Gasteiger partial charge in [-0.15, -0.1) is 0 Å². The molecule has 0 aromatic heterocycles. The SMILES string of the molecule is Cc1ccc(S(=O)(=O)N2CCCC23CCCC3/C=C/C(C)OC=O)cc1. The lowest BCUT2D eigenvalue weighted by atomic mass is 9.85. The lowest BCUT2D eigenvalue weighted by Crippen LogP contribution is -2.49. The molecule has 6 heteroatoms. The summed E-state index contributed by atoms with van der Waals surface area (Å²) in [5.74, 6) is 0.155. The van der Waals surface area contributed by atoms with Gasteiger partial charge < -0.3 is 4.74 Å². The summed E-state index contributed by atoms with van der Waals surface area (Å²) in [5.41, 5.74) is 0.701. The minimum atomic E-state index is -3.52. The van der Waals surface area contributed by atoms with Crippen molar-refractivity contribution in [2.45, 2.75) is 62.5 Å². The van der Waals surface area contributed by atoms with Gasteiger partial charge in [0.25, 0.3) is 6.47 Å². The van der Waals surface area contributed by atoms with Gasteiger partial charge in [0, 0.05) is 12.1 Å². The Balaban J connectivity index is 1.90. The summed E-state index contributed by atoms with van der Waals surface area (Å²) in [6, 6.07) is 7.10. The third kappa shape index (κ3) is 3.45. The average Bonchev–Trinajstić information content (AvgIpc) is 3.22. The predicted molar refractivity (Wildman–Crippen MR) is 100 cm³/mol. The van der Waals surface area contributed by atoms with Crippen LogP contribution < -0.4 is 0 Å². The summed E-state index contributed by atoms with van der Waals surface area (Å²) in [5, 5.41) is 0. The Bertz CT molecular complexity index is 768. The van der Waals surface area contributed by atoms with Crippen LogP contribution in [0.1, 0.15) is 44.6 Å². The van der Waals surface area contributed by atoms with Crippen LogP contribution in [0.15, 0.2) is 41.3 Å². The minimum absolute atomic E-state index is 0.155. The van der Waals surface area contributed by atoms with Gasteiger partial charge in [-0.3, -0.25) is 4.79 Å². The number of hydrogen-bond donors (Lipinski definition) is 0. The van der Waals surface area contributed by atoms with E-state index in [1.807, 2.05) is 32.1 Å². The van der Waals surface area contributed by atoms with Gasteiger partial charge in [0.2, 0.25) is 10.0 Å². The Kier molecular flexibility index (Phi) is 5.53. The third-order valence-corrected chi connectivity index (χ3v) is 7.77. The zero-order valence-corrected chi connectivity index (χ0v) is 16.2.